The standard InChI is InChI=1S/C18H28B3N8O9P3/c1-6-8(13(15(33)36-39-25-19)29-12(6)11(7(2)30)14(29)32)3-28-4-9(10(31)5-28)22-16(23-17(34)37-40-26-20)24-18(35)38-41-27-21/h6-7,9-12,25-27,30-31,39-41H,3-5H2,1-2H3,(H2,22,23,24,34,35)/t6-,7+,9+,10+,11?,12+/m0/s1. The number of aliphatic hydroxyl groups excluding tert-OH is 2. The lowest BCUT2D eigenvalue weighted by Gasteiger charge is -2.46. The van der Waals surface area contributed by atoms with Crippen molar-refractivity contribution in [3.8, 4) is 0 Å². The van der Waals surface area contributed by atoms with Crippen molar-refractivity contribution in [1.82, 2.24) is 35.4 Å². The van der Waals surface area contributed by atoms with E-state index in [1.54, 1.807) is 4.90 Å². The largest absolute Gasteiger partial charge is 0.428 e. The second-order valence-electron chi connectivity index (χ2n) is 9.09. The molecule has 0 saturated carbocycles. The molecule has 3 rings (SSSR count). The molecular weight excluding hydrogens is 598 g/mol. The number of guanidine groups is 1. The molecular formula is C18H28B3N8O9P3. The van der Waals surface area contributed by atoms with Crippen LogP contribution in [0.3, 0.4) is 0 Å². The number of aliphatic imine (C=N–C) groups is 1. The van der Waals surface area contributed by atoms with E-state index >= 15 is 0 Å². The number of likely N-dealkylation sites (tertiary alicyclic amines) is 1. The van der Waals surface area contributed by atoms with Crippen LogP contribution >= 0.6 is 26.9 Å². The van der Waals surface area contributed by atoms with Crippen LogP contribution in [-0.2, 0) is 23.2 Å². The van der Waals surface area contributed by atoms with Crippen molar-refractivity contribution in [3.05, 3.63) is 11.3 Å². The molecule has 3 heterocycles. The first kappa shape index (κ1) is 33.6. The number of hydrogen-bond donors (Lipinski definition) is 7. The highest BCUT2D eigenvalue weighted by Crippen LogP contribution is 2.48. The number of β-amino-alcohol motifs (C(OH)–C–C–N with tert-alkyl or cyclic N) is 1. The monoisotopic (exact) mass is 626 g/mol. The molecule has 218 valence electrons. The number of nitrogens with one attached hydrogen (secondary N) is 5. The SMILES string of the molecule is [B]NPOC(=O)NC(=N[C@@H]1CN(CC2=C(C(=O)OPN[B])N3C(=O)C([C@@H](C)O)[C@H]3[C@H]2C)C[C@H]1O)NC(=O)OPN[B]. The molecule has 3 amide bonds. The van der Waals surface area contributed by atoms with Crippen molar-refractivity contribution in [1.29, 1.82) is 0 Å². The molecule has 4 unspecified atom stereocenters. The van der Waals surface area contributed by atoms with E-state index in [1.165, 1.54) is 11.8 Å². The number of hydrogen-bond acceptors (Lipinski definition) is 14. The Morgan fingerprint density at radius 1 is 1.05 bits per heavy atom. The van der Waals surface area contributed by atoms with Crippen molar-refractivity contribution in [2.45, 2.75) is 38.1 Å². The van der Waals surface area contributed by atoms with Gasteiger partial charge in [0.05, 0.1) is 30.2 Å². The van der Waals surface area contributed by atoms with Crippen molar-refractivity contribution < 1.29 is 43.0 Å². The van der Waals surface area contributed by atoms with Crippen LogP contribution in [0.1, 0.15) is 13.8 Å². The first-order chi connectivity index (χ1) is 19.5. The summed E-state index contributed by atoms with van der Waals surface area (Å²) in [5.41, 5.74) is 0.663. The van der Waals surface area contributed by atoms with Crippen LogP contribution in [0.25, 0.3) is 0 Å². The number of amides is 3. The van der Waals surface area contributed by atoms with Gasteiger partial charge in [0.25, 0.3) is 0 Å². The summed E-state index contributed by atoms with van der Waals surface area (Å²) in [6, 6.07) is -1.27. The number of β-lactam (4-membered cyclic amide) rings is 1. The van der Waals surface area contributed by atoms with Gasteiger partial charge in [-0.15, -0.1) is 0 Å². The van der Waals surface area contributed by atoms with Crippen LogP contribution in [0.4, 0.5) is 9.59 Å². The maximum Gasteiger partial charge on any atom is 0.417 e. The summed E-state index contributed by atoms with van der Waals surface area (Å²) in [6.07, 6.45) is -3.94. The summed E-state index contributed by atoms with van der Waals surface area (Å²) in [5.74, 6) is -2.47. The number of nitrogens with zero attached hydrogens (tertiary/aromatic N) is 3. The van der Waals surface area contributed by atoms with Crippen molar-refractivity contribution in [2.24, 2.45) is 16.8 Å². The van der Waals surface area contributed by atoms with E-state index in [0.29, 0.717) is 5.57 Å². The smallest absolute Gasteiger partial charge is 0.417 e. The van der Waals surface area contributed by atoms with Gasteiger partial charge in [0, 0.05) is 25.6 Å². The number of carbonyl (C=O) groups excluding carboxylic acids is 4. The minimum Gasteiger partial charge on any atom is -0.428 e. The predicted octanol–water partition coefficient (Wildman–Crippen LogP) is -2.96. The first-order valence-corrected chi connectivity index (χ1v) is 14.8. The molecule has 0 bridgehead atoms. The Bertz CT molecular complexity index is 1050. The van der Waals surface area contributed by atoms with Gasteiger partial charge in [0.2, 0.25) is 11.9 Å². The normalized spacial score (nSPS) is 27.0. The molecule has 23 heteroatoms. The highest BCUT2D eigenvalue weighted by molar-refractivity contribution is 7.32. The Hall–Kier alpha value is -1.87. The molecule has 7 N–H and O–H groups in total. The molecule has 3 aliphatic rings. The Kier molecular flexibility index (Phi) is 12.8. The lowest BCUT2D eigenvalue weighted by molar-refractivity contribution is -0.162. The number of carbonyl (C=O) groups is 4. The van der Waals surface area contributed by atoms with Gasteiger partial charge in [-0.3, -0.25) is 20.3 Å². The minimum atomic E-state index is -1.04. The molecule has 0 aromatic rings. The highest BCUT2D eigenvalue weighted by atomic mass is 31.1. The second kappa shape index (κ2) is 15.6. The molecule has 17 nitrogen and oxygen atoms in total. The summed E-state index contributed by atoms with van der Waals surface area (Å²) < 4.78 is 14.7. The van der Waals surface area contributed by atoms with E-state index in [2.05, 4.69) is 30.6 Å². The predicted molar refractivity (Wildman–Crippen MR) is 153 cm³/mol. The van der Waals surface area contributed by atoms with Crippen LogP contribution in [0.5, 0.6) is 0 Å². The van der Waals surface area contributed by atoms with Gasteiger partial charge in [-0.05, 0) is 12.5 Å². The maximum absolute atomic E-state index is 12.9. The van der Waals surface area contributed by atoms with Crippen molar-refractivity contribution >= 4 is 80.8 Å². The third kappa shape index (κ3) is 8.16. The fourth-order valence-corrected chi connectivity index (χ4v) is 5.62. The average molecular weight is 626 g/mol. The molecule has 0 aromatic carbocycles. The van der Waals surface area contributed by atoms with Crippen molar-refractivity contribution in [3.63, 3.8) is 0 Å². The molecule has 2 saturated heterocycles. The first-order valence-electron chi connectivity index (χ1n) is 12.0. The molecule has 0 spiro atoms. The quantitative estimate of drug-likeness (QED) is 0.0306. The Balaban J connectivity index is 1.79. The van der Waals surface area contributed by atoms with Gasteiger partial charge in [-0.25, -0.2) is 19.4 Å². The fraction of sp³-hybridized carbons (Fsp3) is 0.611. The van der Waals surface area contributed by atoms with E-state index in [0.717, 1.165) is 0 Å². The molecule has 41 heavy (non-hydrogen) atoms. The molecule has 9 atom stereocenters. The van der Waals surface area contributed by atoms with Crippen LogP contribution in [0, 0.1) is 11.8 Å². The van der Waals surface area contributed by atoms with Crippen LogP contribution in [0.15, 0.2) is 16.3 Å². The third-order valence-electron chi connectivity index (χ3n) is 6.58. The zero-order chi connectivity index (χ0) is 30.3. The lowest BCUT2D eigenvalue weighted by Crippen LogP contribution is -2.63. The van der Waals surface area contributed by atoms with Gasteiger partial charge in [-0.1, -0.05) is 6.92 Å². The van der Waals surface area contributed by atoms with E-state index in [-0.39, 0.29) is 43.1 Å². The van der Waals surface area contributed by atoms with Crippen molar-refractivity contribution in [2.75, 3.05) is 19.6 Å². The molecule has 0 aromatic heterocycles. The van der Waals surface area contributed by atoms with Crippen LogP contribution in [0.2, 0.25) is 0 Å². The second-order valence-corrected chi connectivity index (χ2v) is 11.2. The van der Waals surface area contributed by atoms with Crippen LogP contribution in [-0.4, -0.2) is 118 Å². The van der Waals surface area contributed by atoms with E-state index in [4.69, 9.17) is 37.5 Å². The lowest BCUT2D eigenvalue weighted by atomic mass is 9.77. The summed E-state index contributed by atoms with van der Waals surface area (Å²) in [7, 11) is 13.7. The highest BCUT2D eigenvalue weighted by Gasteiger charge is 2.60. The number of fused-ring (bicyclic) bond motifs is 1. The average Bonchev–Trinajstić information content (AvgIpc) is 3.38. The molecule has 3 aliphatic heterocycles. The van der Waals surface area contributed by atoms with Gasteiger partial charge in [0.15, 0.2) is 23.9 Å². The van der Waals surface area contributed by atoms with Gasteiger partial charge in [0.1, 0.15) is 32.6 Å². The Morgan fingerprint density at radius 2 is 1.61 bits per heavy atom. The topological polar surface area (TPSA) is 215 Å². The summed E-state index contributed by atoms with van der Waals surface area (Å²) in [5, 5.41) is 25.4. The molecule has 2 fully saturated rings. The zero-order valence-corrected chi connectivity index (χ0v) is 24.9. The van der Waals surface area contributed by atoms with E-state index in [1.807, 2.05) is 6.92 Å². The van der Waals surface area contributed by atoms with Gasteiger partial charge in [-0.2, -0.15) is 0 Å². The number of rotatable bonds is 11. The van der Waals surface area contributed by atoms with Gasteiger partial charge >= 0.3 is 18.2 Å². The zero-order valence-electron chi connectivity index (χ0n) is 21.9. The van der Waals surface area contributed by atoms with E-state index < -0.39 is 75.2 Å². The summed E-state index contributed by atoms with van der Waals surface area (Å²) in [6.45, 7) is 3.77. The number of aliphatic hydroxyl groups is 2. The van der Waals surface area contributed by atoms with Gasteiger partial charge < -0.3 is 43.7 Å². The summed E-state index contributed by atoms with van der Waals surface area (Å²) >= 11 is 0. The molecule has 0 aliphatic carbocycles. The maximum atomic E-state index is 12.9. The minimum absolute atomic E-state index is 0.0757. The van der Waals surface area contributed by atoms with E-state index in [9.17, 15) is 29.4 Å². The van der Waals surface area contributed by atoms with Crippen LogP contribution < -0.4 is 25.6 Å². The summed E-state index contributed by atoms with van der Waals surface area (Å²) in [4.78, 5) is 63.8. The molecule has 6 radical (unpaired) electrons. The Labute approximate surface area is 245 Å². The third-order valence-corrected chi connectivity index (χ3v) is 7.80. The fourth-order valence-electron chi connectivity index (χ4n) is 4.97. The Morgan fingerprint density at radius 3 is 2.15 bits per heavy atom.